The van der Waals surface area contributed by atoms with Crippen LogP contribution in [-0.4, -0.2) is 9.13 Å². The summed E-state index contributed by atoms with van der Waals surface area (Å²) in [7, 11) is 0. The Morgan fingerprint density at radius 3 is 1.27 bits per heavy atom. The number of aryl methyl sites for hydroxylation is 4. The van der Waals surface area contributed by atoms with Crippen molar-refractivity contribution in [2.75, 3.05) is 0 Å². The van der Waals surface area contributed by atoms with E-state index in [4.69, 9.17) is 11.6 Å². The topological polar surface area (TPSA) is 17.6 Å². The van der Waals surface area contributed by atoms with E-state index in [-0.39, 0.29) is 0 Å². The standard InChI is InChI=1S/C40H35ClN4/c41-36-28-34(13-11-32-15-19-39(20-16-32)44-25-23-42(30-44)37-7-3-1-4-8-37)27-35(29-36)14-12-33-17-21-40(22-18-33)45-26-24-43(31-45)38-9-5-2-6-10-38/h1-10,15-31H,11-14H2/q+2. The fraction of sp³-hybridized carbons (Fsp3) is 0.100. The van der Waals surface area contributed by atoms with Gasteiger partial charge in [0.2, 0.25) is 0 Å². The summed E-state index contributed by atoms with van der Waals surface area (Å²) in [5.41, 5.74) is 9.80. The summed E-state index contributed by atoms with van der Waals surface area (Å²) in [6.45, 7) is 0. The van der Waals surface area contributed by atoms with E-state index in [1.807, 2.05) is 12.1 Å². The first-order valence-corrected chi connectivity index (χ1v) is 15.8. The van der Waals surface area contributed by atoms with Gasteiger partial charge in [-0.1, -0.05) is 78.3 Å². The fourth-order valence-corrected chi connectivity index (χ4v) is 6.05. The van der Waals surface area contributed by atoms with Crippen LogP contribution in [-0.2, 0) is 25.7 Å². The smallest absolute Gasteiger partial charge is 0.202 e. The summed E-state index contributed by atoms with van der Waals surface area (Å²) in [6, 6.07) is 44.9. The number of nitrogens with zero attached hydrogens (tertiary/aromatic N) is 4. The minimum atomic E-state index is 0.812. The maximum absolute atomic E-state index is 6.57. The minimum Gasteiger partial charge on any atom is -0.202 e. The van der Waals surface area contributed by atoms with Crippen LogP contribution in [0.15, 0.2) is 165 Å². The van der Waals surface area contributed by atoms with Crippen molar-refractivity contribution in [3.8, 4) is 22.7 Å². The second-order valence-electron chi connectivity index (χ2n) is 11.4. The lowest BCUT2D eigenvalue weighted by atomic mass is 9.99. The average molecular weight is 607 g/mol. The molecule has 0 unspecified atom stereocenters. The fourth-order valence-electron chi connectivity index (χ4n) is 5.77. The number of aromatic nitrogens is 4. The molecule has 0 aliphatic carbocycles. The SMILES string of the molecule is Clc1cc(CCc2ccc(-[n+]3ccn(-c4ccccc4)c3)cc2)cc(CCc2ccc(-[n+]3ccn(-c4ccccc4)c3)cc2)c1. The molecule has 0 N–H and O–H groups in total. The Morgan fingerprint density at radius 2 is 0.844 bits per heavy atom. The molecule has 0 fully saturated rings. The van der Waals surface area contributed by atoms with Crippen molar-refractivity contribution >= 4 is 11.6 Å². The molecule has 0 saturated carbocycles. The molecular weight excluding hydrogens is 572 g/mol. The predicted octanol–water partition coefficient (Wildman–Crippen LogP) is 8.05. The summed E-state index contributed by atoms with van der Waals surface area (Å²) >= 11 is 6.57. The molecule has 0 saturated heterocycles. The molecule has 0 amide bonds. The molecule has 0 spiro atoms. The van der Waals surface area contributed by atoms with E-state index in [9.17, 15) is 0 Å². The molecule has 7 aromatic rings. The quantitative estimate of drug-likeness (QED) is 0.140. The zero-order valence-corrected chi connectivity index (χ0v) is 25.8. The highest BCUT2D eigenvalue weighted by Gasteiger charge is 2.10. The van der Waals surface area contributed by atoms with Crippen LogP contribution in [0.3, 0.4) is 0 Å². The van der Waals surface area contributed by atoms with Gasteiger partial charge in [0.1, 0.15) is 47.5 Å². The molecule has 2 aromatic heterocycles. The van der Waals surface area contributed by atoms with Gasteiger partial charge in [0.15, 0.2) is 0 Å². The van der Waals surface area contributed by atoms with Gasteiger partial charge in [0, 0.05) is 5.02 Å². The molecule has 0 atom stereocenters. The second-order valence-corrected chi connectivity index (χ2v) is 11.9. The number of rotatable bonds is 10. The predicted molar refractivity (Wildman–Crippen MR) is 181 cm³/mol. The number of hydrogen-bond donors (Lipinski definition) is 0. The lowest BCUT2D eigenvalue weighted by molar-refractivity contribution is -0.595. The molecule has 0 radical (unpaired) electrons. The van der Waals surface area contributed by atoms with Crippen LogP contribution < -0.4 is 9.13 Å². The maximum atomic E-state index is 6.57. The number of hydrogen-bond acceptors (Lipinski definition) is 0. The zero-order valence-electron chi connectivity index (χ0n) is 25.1. The number of imidazole rings is 2. The molecular formula is C40H35ClN4+2. The third-order valence-corrected chi connectivity index (χ3v) is 8.49. The Morgan fingerprint density at radius 1 is 0.444 bits per heavy atom. The van der Waals surface area contributed by atoms with Crippen molar-refractivity contribution in [2.45, 2.75) is 25.7 Å². The van der Waals surface area contributed by atoms with Crippen molar-refractivity contribution < 1.29 is 9.13 Å². The first-order chi connectivity index (χ1) is 22.2. The molecule has 4 nitrogen and oxygen atoms in total. The Bertz CT molecular complexity index is 1850. The summed E-state index contributed by atoms with van der Waals surface area (Å²) in [5, 5.41) is 0.812. The van der Waals surface area contributed by atoms with Gasteiger partial charge in [-0.3, -0.25) is 0 Å². The Kier molecular flexibility index (Phi) is 8.39. The minimum absolute atomic E-state index is 0.812. The van der Waals surface area contributed by atoms with Crippen molar-refractivity contribution in [1.29, 1.82) is 0 Å². The van der Waals surface area contributed by atoms with Crippen LogP contribution in [0.1, 0.15) is 22.3 Å². The van der Waals surface area contributed by atoms with E-state index in [1.165, 1.54) is 22.3 Å². The van der Waals surface area contributed by atoms with E-state index >= 15 is 0 Å². The summed E-state index contributed by atoms with van der Waals surface area (Å²) in [6.07, 6.45) is 16.4. The summed E-state index contributed by atoms with van der Waals surface area (Å²) in [5.74, 6) is 0. The van der Waals surface area contributed by atoms with Gasteiger partial charge in [-0.15, -0.1) is 0 Å². The van der Waals surface area contributed by atoms with Crippen LogP contribution in [0.25, 0.3) is 22.7 Å². The molecule has 0 aliphatic heterocycles. The van der Waals surface area contributed by atoms with Gasteiger partial charge in [-0.25, -0.2) is 18.3 Å². The third kappa shape index (κ3) is 6.98. The van der Waals surface area contributed by atoms with Crippen LogP contribution >= 0.6 is 11.6 Å². The molecule has 7 rings (SSSR count). The average Bonchev–Trinajstić information content (AvgIpc) is 3.79. The molecule has 45 heavy (non-hydrogen) atoms. The molecule has 220 valence electrons. The van der Waals surface area contributed by atoms with E-state index in [0.717, 1.165) is 53.5 Å². The van der Waals surface area contributed by atoms with Crippen molar-refractivity contribution in [3.05, 3.63) is 192 Å². The van der Waals surface area contributed by atoms with Gasteiger partial charge >= 0.3 is 0 Å². The lowest BCUT2D eigenvalue weighted by Gasteiger charge is -2.08. The molecule has 0 aliphatic rings. The molecule has 0 bridgehead atoms. The largest absolute Gasteiger partial charge is 0.254 e. The highest BCUT2D eigenvalue weighted by molar-refractivity contribution is 6.30. The van der Waals surface area contributed by atoms with Crippen molar-refractivity contribution in [2.24, 2.45) is 0 Å². The van der Waals surface area contributed by atoms with E-state index in [2.05, 4.69) is 171 Å². The lowest BCUT2D eigenvalue weighted by Crippen LogP contribution is -2.27. The molecule has 2 heterocycles. The van der Waals surface area contributed by atoms with Gasteiger partial charge in [0.05, 0.1) is 0 Å². The van der Waals surface area contributed by atoms with E-state index in [1.54, 1.807) is 0 Å². The van der Waals surface area contributed by atoms with E-state index < -0.39 is 0 Å². The highest BCUT2D eigenvalue weighted by atomic mass is 35.5. The van der Waals surface area contributed by atoms with Crippen LogP contribution in [0.2, 0.25) is 5.02 Å². The zero-order chi connectivity index (χ0) is 30.4. The number of para-hydroxylation sites is 2. The first kappa shape index (κ1) is 28.6. The van der Waals surface area contributed by atoms with Crippen LogP contribution in [0.4, 0.5) is 0 Å². The second kappa shape index (κ2) is 13.2. The third-order valence-electron chi connectivity index (χ3n) is 8.27. The van der Waals surface area contributed by atoms with Crippen LogP contribution in [0.5, 0.6) is 0 Å². The Hall–Kier alpha value is -5.19. The Labute approximate surface area is 269 Å². The van der Waals surface area contributed by atoms with Gasteiger partial charge in [-0.2, -0.15) is 0 Å². The number of halogens is 1. The Balaban J connectivity index is 0.945. The maximum Gasteiger partial charge on any atom is 0.254 e. The van der Waals surface area contributed by atoms with Gasteiger partial charge in [-0.05, 0) is 109 Å². The van der Waals surface area contributed by atoms with Crippen LogP contribution in [0, 0.1) is 0 Å². The van der Waals surface area contributed by atoms with Crippen molar-refractivity contribution in [3.63, 3.8) is 0 Å². The first-order valence-electron chi connectivity index (χ1n) is 15.4. The monoisotopic (exact) mass is 606 g/mol. The highest BCUT2D eigenvalue weighted by Crippen LogP contribution is 2.20. The molecule has 5 heteroatoms. The van der Waals surface area contributed by atoms with E-state index in [0.29, 0.717) is 0 Å². The van der Waals surface area contributed by atoms with Gasteiger partial charge in [0.25, 0.3) is 12.7 Å². The number of benzene rings is 5. The molecule has 5 aromatic carbocycles. The van der Waals surface area contributed by atoms with Crippen molar-refractivity contribution in [1.82, 2.24) is 9.13 Å². The normalized spacial score (nSPS) is 11.1. The van der Waals surface area contributed by atoms with Gasteiger partial charge < -0.3 is 0 Å². The summed E-state index contributed by atoms with van der Waals surface area (Å²) in [4.78, 5) is 0. The summed E-state index contributed by atoms with van der Waals surface area (Å²) < 4.78 is 8.55.